The first-order chi connectivity index (χ1) is 6.97. The predicted octanol–water partition coefficient (Wildman–Crippen LogP) is 2.92. The summed E-state index contributed by atoms with van der Waals surface area (Å²) < 4.78 is 13.1. The highest BCUT2D eigenvalue weighted by Crippen LogP contribution is 2.30. The molecule has 2 unspecified atom stereocenters. The molecule has 0 spiro atoms. The molecule has 2 nitrogen and oxygen atoms in total. The topological polar surface area (TPSA) is 40.5 Å². The molecule has 6 heteroatoms. The molecule has 84 valence electrons. The Hall–Kier alpha value is 0.130. The van der Waals surface area contributed by atoms with Crippen molar-refractivity contribution in [3.63, 3.8) is 0 Å². The van der Waals surface area contributed by atoms with Gasteiger partial charge in [-0.15, -0.1) is 0 Å². The van der Waals surface area contributed by atoms with Crippen LogP contribution in [0, 0.1) is 5.82 Å². The normalized spacial score (nSPS) is 15.1. The standard InChI is InChI=1S/C9H8BrCl2FO2/c10-3-8(14)9(15)4-1-7(13)6(12)2-5(4)11/h1-2,8-9,14-15H,3H2. The molecule has 1 aromatic rings. The molecule has 1 rings (SSSR count). The Balaban J connectivity index is 3.09. The highest BCUT2D eigenvalue weighted by molar-refractivity contribution is 9.09. The maximum Gasteiger partial charge on any atom is 0.142 e. The van der Waals surface area contributed by atoms with Crippen molar-refractivity contribution in [2.45, 2.75) is 12.2 Å². The third-order valence-electron chi connectivity index (χ3n) is 1.88. The van der Waals surface area contributed by atoms with E-state index in [1.165, 1.54) is 6.07 Å². The molecule has 15 heavy (non-hydrogen) atoms. The minimum atomic E-state index is -1.25. The molecule has 0 radical (unpaired) electrons. The molecule has 1 aromatic carbocycles. The molecule has 0 saturated carbocycles. The van der Waals surface area contributed by atoms with Gasteiger partial charge >= 0.3 is 0 Å². The molecule has 0 amide bonds. The van der Waals surface area contributed by atoms with Crippen molar-refractivity contribution < 1.29 is 14.6 Å². The van der Waals surface area contributed by atoms with Crippen LogP contribution in [0.25, 0.3) is 0 Å². The fraction of sp³-hybridized carbons (Fsp3) is 0.333. The first-order valence-corrected chi connectivity index (χ1v) is 5.91. The quantitative estimate of drug-likeness (QED) is 0.665. The highest BCUT2D eigenvalue weighted by atomic mass is 79.9. The smallest absolute Gasteiger partial charge is 0.142 e. The molecule has 0 aromatic heterocycles. The lowest BCUT2D eigenvalue weighted by Gasteiger charge is -2.17. The van der Waals surface area contributed by atoms with Crippen molar-refractivity contribution >= 4 is 39.1 Å². The summed E-state index contributed by atoms with van der Waals surface area (Å²) in [5.74, 6) is -0.683. The summed E-state index contributed by atoms with van der Waals surface area (Å²) in [6, 6.07) is 2.21. The number of alkyl halides is 1. The Labute approximate surface area is 105 Å². The van der Waals surface area contributed by atoms with Gasteiger partial charge in [0.15, 0.2) is 0 Å². The highest BCUT2D eigenvalue weighted by Gasteiger charge is 2.21. The van der Waals surface area contributed by atoms with Gasteiger partial charge in [0, 0.05) is 15.9 Å². The van der Waals surface area contributed by atoms with Crippen LogP contribution < -0.4 is 0 Å². The van der Waals surface area contributed by atoms with Crippen molar-refractivity contribution in [2.75, 3.05) is 5.33 Å². The first kappa shape index (κ1) is 13.2. The van der Waals surface area contributed by atoms with Gasteiger partial charge in [-0.1, -0.05) is 39.1 Å². The van der Waals surface area contributed by atoms with Crippen LogP contribution in [-0.2, 0) is 0 Å². The molecular weight excluding hydrogens is 310 g/mol. The zero-order valence-corrected chi connectivity index (χ0v) is 10.5. The number of aliphatic hydroxyl groups is 2. The SMILES string of the molecule is OC(CBr)C(O)c1cc(F)c(Cl)cc1Cl. The molecule has 0 aliphatic carbocycles. The molecule has 2 N–H and O–H groups in total. The lowest BCUT2D eigenvalue weighted by atomic mass is 10.1. The van der Waals surface area contributed by atoms with Crippen molar-refractivity contribution in [1.29, 1.82) is 0 Å². The second-order valence-electron chi connectivity index (χ2n) is 2.95. The summed E-state index contributed by atoms with van der Waals surface area (Å²) in [5.41, 5.74) is 0.116. The van der Waals surface area contributed by atoms with Gasteiger partial charge in [-0.25, -0.2) is 4.39 Å². The Morgan fingerprint density at radius 2 is 1.87 bits per heavy atom. The third kappa shape index (κ3) is 3.04. The van der Waals surface area contributed by atoms with Gasteiger partial charge in [-0.2, -0.15) is 0 Å². The van der Waals surface area contributed by atoms with E-state index in [1.54, 1.807) is 0 Å². The van der Waals surface area contributed by atoms with Crippen LogP contribution >= 0.6 is 39.1 Å². The summed E-state index contributed by atoms with van der Waals surface area (Å²) in [4.78, 5) is 0. The van der Waals surface area contributed by atoms with E-state index in [0.717, 1.165) is 6.07 Å². The minimum absolute atomic E-state index is 0.116. The largest absolute Gasteiger partial charge is 0.389 e. The zero-order chi connectivity index (χ0) is 11.6. The molecule has 0 bridgehead atoms. The van der Waals surface area contributed by atoms with E-state index < -0.39 is 18.0 Å². The van der Waals surface area contributed by atoms with Gasteiger partial charge in [0.25, 0.3) is 0 Å². The van der Waals surface area contributed by atoms with E-state index in [1.807, 2.05) is 0 Å². The summed E-state index contributed by atoms with van der Waals surface area (Å²) in [5, 5.41) is 19.1. The Bertz CT molecular complexity index is 362. The Morgan fingerprint density at radius 1 is 1.27 bits per heavy atom. The van der Waals surface area contributed by atoms with E-state index >= 15 is 0 Å². The van der Waals surface area contributed by atoms with Crippen LogP contribution in [0.15, 0.2) is 12.1 Å². The fourth-order valence-electron chi connectivity index (χ4n) is 1.06. The number of hydrogen-bond donors (Lipinski definition) is 2. The zero-order valence-electron chi connectivity index (χ0n) is 7.42. The van der Waals surface area contributed by atoms with Gasteiger partial charge in [0.1, 0.15) is 11.9 Å². The van der Waals surface area contributed by atoms with E-state index in [-0.39, 0.29) is 20.9 Å². The average molecular weight is 318 g/mol. The van der Waals surface area contributed by atoms with E-state index in [0.29, 0.717) is 0 Å². The molecule has 0 aliphatic rings. The van der Waals surface area contributed by atoms with Gasteiger partial charge in [0.2, 0.25) is 0 Å². The maximum absolute atomic E-state index is 13.1. The molecular formula is C9H8BrCl2FO2. The van der Waals surface area contributed by atoms with Crippen molar-refractivity contribution in [3.8, 4) is 0 Å². The minimum Gasteiger partial charge on any atom is -0.389 e. The number of benzene rings is 1. The molecule has 0 aliphatic heterocycles. The van der Waals surface area contributed by atoms with Crippen LogP contribution in [-0.4, -0.2) is 21.6 Å². The monoisotopic (exact) mass is 316 g/mol. The molecule has 0 fully saturated rings. The molecule has 0 heterocycles. The number of aliphatic hydroxyl groups excluding tert-OH is 2. The second-order valence-corrected chi connectivity index (χ2v) is 4.42. The predicted molar refractivity (Wildman–Crippen MR) is 61.2 cm³/mol. The van der Waals surface area contributed by atoms with Gasteiger partial charge in [-0.3, -0.25) is 0 Å². The summed E-state index contributed by atoms with van der Waals surface area (Å²) in [6.45, 7) is 0. The lowest BCUT2D eigenvalue weighted by Crippen LogP contribution is -2.20. The van der Waals surface area contributed by atoms with Crippen LogP contribution in [0.4, 0.5) is 4.39 Å². The van der Waals surface area contributed by atoms with Crippen LogP contribution in [0.2, 0.25) is 10.0 Å². The van der Waals surface area contributed by atoms with Gasteiger partial charge in [0.05, 0.1) is 11.1 Å². The summed E-state index contributed by atoms with van der Waals surface area (Å²) >= 11 is 14.2. The average Bonchev–Trinajstić information content (AvgIpc) is 2.21. The number of halogens is 4. The van der Waals surface area contributed by atoms with Crippen molar-refractivity contribution in [1.82, 2.24) is 0 Å². The fourth-order valence-corrected chi connectivity index (χ4v) is 1.91. The van der Waals surface area contributed by atoms with Crippen molar-refractivity contribution in [2.24, 2.45) is 0 Å². The summed E-state index contributed by atoms with van der Waals surface area (Å²) in [7, 11) is 0. The van der Waals surface area contributed by atoms with Crippen LogP contribution in [0.3, 0.4) is 0 Å². The van der Waals surface area contributed by atoms with Gasteiger partial charge in [-0.05, 0) is 12.1 Å². The van der Waals surface area contributed by atoms with Crippen molar-refractivity contribution in [3.05, 3.63) is 33.6 Å². The van der Waals surface area contributed by atoms with Gasteiger partial charge < -0.3 is 10.2 Å². The number of rotatable bonds is 3. The van der Waals surface area contributed by atoms with E-state index in [9.17, 15) is 14.6 Å². The van der Waals surface area contributed by atoms with E-state index in [2.05, 4.69) is 15.9 Å². The summed E-state index contributed by atoms with van der Waals surface area (Å²) in [6.07, 6.45) is -2.30. The molecule has 2 atom stereocenters. The van der Waals surface area contributed by atoms with Crippen LogP contribution in [0.1, 0.15) is 11.7 Å². The molecule has 0 saturated heterocycles. The Kier molecular flexibility index (Phi) is 4.80. The first-order valence-electron chi connectivity index (χ1n) is 4.04. The lowest BCUT2D eigenvalue weighted by molar-refractivity contribution is 0.0341. The number of hydrogen-bond acceptors (Lipinski definition) is 2. The second kappa shape index (κ2) is 5.46. The third-order valence-corrected chi connectivity index (χ3v) is 3.16. The maximum atomic E-state index is 13.1. The Morgan fingerprint density at radius 3 is 2.40 bits per heavy atom. The van der Waals surface area contributed by atoms with Crippen LogP contribution in [0.5, 0.6) is 0 Å². The van der Waals surface area contributed by atoms with E-state index in [4.69, 9.17) is 23.2 Å².